The first-order chi connectivity index (χ1) is 11.2. The maximum atomic E-state index is 12.0. The summed E-state index contributed by atoms with van der Waals surface area (Å²) in [6, 6.07) is 13.4. The molecule has 0 radical (unpaired) electrons. The summed E-state index contributed by atoms with van der Waals surface area (Å²) in [5.41, 5.74) is 2.87. The topological polar surface area (TPSA) is 59.6 Å². The van der Waals surface area contributed by atoms with Gasteiger partial charge in [-0.2, -0.15) is 0 Å². The highest BCUT2D eigenvalue weighted by molar-refractivity contribution is 5.93. The maximum absolute atomic E-state index is 12.0. The molecule has 5 heteroatoms. The van der Waals surface area contributed by atoms with Gasteiger partial charge in [-0.1, -0.05) is 19.1 Å². The van der Waals surface area contributed by atoms with Crippen LogP contribution in [0.15, 0.2) is 42.5 Å². The molecular formula is C18H20N2O3. The zero-order valence-corrected chi connectivity index (χ0v) is 13.1. The van der Waals surface area contributed by atoms with Crippen LogP contribution in [0.3, 0.4) is 0 Å². The SMILES string of the molecule is CCc1ccc(NC(=O)CNc2ccc3c(c2)OCCO3)cc1. The Morgan fingerprint density at radius 1 is 1.00 bits per heavy atom. The van der Waals surface area contributed by atoms with E-state index in [-0.39, 0.29) is 12.5 Å². The summed E-state index contributed by atoms with van der Waals surface area (Å²) in [5.74, 6) is 1.35. The van der Waals surface area contributed by atoms with E-state index in [1.54, 1.807) is 0 Å². The van der Waals surface area contributed by atoms with E-state index in [2.05, 4.69) is 17.6 Å². The number of rotatable bonds is 5. The monoisotopic (exact) mass is 312 g/mol. The lowest BCUT2D eigenvalue weighted by molar-refractivity contribution is -0.114. The molecule has 0 saturated heterocycles. The van der Waals surface area contributed by atoms with Gasteiger partial charge in [-0.05, 0) is 36.2 Å². The minimum Gasteiger partial charge on any atom is -0.486 e. The lowest BCUT2D eigenvalue weighted by Crippen LogP contribution is -2.22. The lowest BCUT2D eigenvalue weighted by atomic mass is 10.1. The average Bonchev–Trinajstić information content (AvgIpc) is 2.60. The molecule has 0 spiro atoms. The largest absolute Gasteiger partial charge is 0.486 e. The molecule has 23 heavy (non-hydrogen) atoms. The molecule has 0 saturated carbocycles. The van der Waals surface area contributed by atoms with Gasteiger partial charge in [0, 0.05) is 17.4 Å². The van der Waals surface area contributed by atoms with Crippen LogP contribution in [0.5, 0.6) is 11.5 Å². The summed E-state index contributed by atoms with van der Waals surface area (Å²) in [5, 5.41) is 5.96. The number of hydrogen-bond acceptors (Lipinski definition) is 4. The maximum Gasteiger partial charge on any atom is 0.243 e. The second-order valence-corrected chi connectivity index (χ2v) is 5.31. The highest BCUT2D eigenvalue weighted by Crippen LogP contribution is 2.32. The Morgan fingerprint density at radius 3 is 2.43 bits per heavy atom. The number of nitrogens with one attached hydrogen (secondary N) is 2. The molecule has 0 aliphatic carbocycles. The summed E-state index contributed by atoms with van der Waals surface area (Å²) in [6.45, 7) is 3.41. The first-order valence-electron chi connectivity index (χ1n) is 7.77. The third-order valence-electron chi connectivity index (χ3n) is 3.64. The van der Waals surface area contributed by atoms with Gasteiger partial charge in [-0.25, -0.2) is 0 Å². The molecule has 1 amide bonds. The van der Waals surface area contributed by atoms with E-state index < -0.39 is 0 Å². The number of fused-ring (bicyclic) bond motifs is 1. The minimum atomic E-state index is -0.0934. The Hall–Kier alpha value is -2.69. The van der Waals surface area contributed by atoms with Crippen molar-refractivity contribution in [1.82, 2.24) is 0 Å². The van der Waals surface area contributed by atoms with Crippen molar-refractivity contribution in [2.24, 2.45) is 0 Å². The van der Waals surface area contributed by atoms with Crippen molar-refractivity contribution < 1.29 is 14.3 Å². The molecule has 3 rings (SSSR count). The van der Waals surface area contributed by atoms with E-state index in [0.29, 0.717) is 19.0 Å². The standard InChI is InChI=1S/C18H20N2O3/c1-2-13-3-5-14(6-4-13)20-18(21)12-19-15-7-8-16-17(11-15)23-10-9-22-16/h3-8,11,19H,2,9-10,12H2,1H3,(H,20,21). The molecule has 0 atom stereocenters. The number of hydrogen-bond donors (Lipinski definition) is 2. The molecule has 2 N–H and O–H groups in total. The van der Waals surface area contributed by atoms with Gasteiger partial charge in [-0.15, -0.1) is 0 Å². The first-order valence-corrected chi connectivity index (χ1v) is 7.77. The van der Waals surface area contributed by atoms with Crippen LogP contribution in [-0.4, -0.2) is 25.7 Å². The van der Waals surface area contributed by atoms with Gasteiger partial charge in [0.1, 0.15) is 13.2 Å². The Bertz CT molecular complexity index is 683. The van der Waals surface area contributed by atoms with Crippen molar-refractivity contribution in [3.63, 3.8) is 0 Å². The van der Waals surface area contributed by atoms with E-state index in [1.165, 1.54) is 5.56 Å². The average molecular weight is 312 g/mol. The van der Waals surface area contributed by atoms with Crippen LogP contribution >= 0.6 is 0 Å². The fourth-order valence-corrected chi connectivity index (χ4v) is 2.36. The molecule has 2 aromatic rings. The van der Waals surface area contributed by atoms with E-state index >= 15 is 0 Å². The van der Waals surface area contributed by atoms with Gasteiger partial charge in [-0.3, -0.25) is 4.79 Å². The molecule has 1 aliphatic rings. The van der Waals surface area contributed by atoms with Gasteiger partial charge in [0.15, 0.2) is 11.5 Å². The highest BCUT2D eigenvalue weighted by Gasteiger charge is 2.12. The molecule has 2 aromatic carbocycles. The second-order valence-electron chi connectivity index (χ2n) is 5.31. The smallest absolute Gasteiger partial charge is 0.243 e. The molecular weight excluding hydrogens is 292 g/mol. The van der Waals surface area contributed by atoms with Crippen molar-refractivity contribution in [2.45, 2.75) is 13.3 Å². The predicted octanol–water partition coefficient (Wildman–Crippen LogP) is 3.07. The van der Waals surface area contributed by atoms with Gasteiger partial charge in [0.05, 0.1) is 6.54 Å². The molecule has 0 bridgehead atoms. The first kappa shape index (κ1) is 15.2. The Labute approximate surface area is 135 Å². The van der Waals surface area contributed by atoms with Crippen LogP contribution in [0.2, 0.25) is 0 Å². The van der Waals surface area contributed by atoms with Crippen molar-refractivity contribution in [2.75, 3.05) is 30.4 Å². The van der Waals surface area contributed by atoms with Crippen LogP contribution in [0.1, 0.15) is 12.5 Å². The number of carbonyl (C=O) groups excluding carboxylic acids is 1. The summed E-state index contributed by atoms with van der Waals surface area (Å²) in [4.78, 5) is 12.0. The summed E-state index contributed by atoms with van der Waals surface area (Å²) >= 11 is 0. The van der Waals surface area contributed by atoms with E-state index in [1.807, 2.05) is 42.5 Å². The van der Waals surface area contributed by atoms with Gasteiger partial charge in [0.2, 0.25) is 5.91 Å². The predicted molar refractivity (Wildman–Crippen MR) is 90.4 cm³/mol. The molecule has 0 fully saturated rings. The Kier molecular flexibility index (Phi) is 4.66. The molecule has 0 aromatic heterocycles. The normalized spacial score (nSPS) is 12.6. The van der Waals surface area contributed by atoms with Gasteiger partial charge in [0.25, 0.3) is 0 Å². The second kappa shape index (κ2) is 7.05. The summed E-state index contributed by atoms with van der Waals surface area (Å²) in [7, 11) is 0. The highest BCUT2D eigenvalue weighted by atomic mass is 16.6. The zero-order chi connectivity index (χ0) is 16.1. The number of benzene rings is 2. The van der Waals surface area contributed by atoms with Crippen LogP contribution in [0, 0.1) is 0 Å². The number of anilines is 2. The van der Waals surface area contributed by atoms with Crippen molar-refractivity contribution in [1.29, 1.82) is 0 Å². The summed E-state index contributed by atoms with van der Waals surface area (Å²) < 4.78 is 11.0. The zero-order valence-electron chi connectivity index (χ0n) is 13.1. The molecule has 120 valence electrons. The van der Waals surface area contributed by atoms with E-state index in [0.717, 1.165) is 23.5 Å². The fourth-order valence-electron chi connectivity index (χ4n) is 2.36. The molecule has 0 unspecified atom stereocenters. The number of amides is 1. The third kappa shape index (κ3) is 3.94. The Morgan fingerprint density at radius 2 is 1.70 bits per heavy atom. The van der Waals surface area contributed by atoms with Crippen LogP contribution < -0.4 is 20.1 Å². The third-order valence-corrected chi connectivity index (χ3v) is 3.64. The summed E-state index contributed by atoms with van der Waals surface area (Å²) in [6.07, 6.45) is 0.986. The van der Waals surface area contributed by atoms with Gasteiger partial charge >= 0.3 is 0 Å². The molecule has 1 aliphatic heterocycles. The van der Waals surface area contributed by atoms with E-state index in [9.17, 15) is 4.79 Å². The van der Waals surface area contributed by atoms with Crippen LogP contribution in [0.25, 0.3) is 0 Å². The number of ether oxygens (including phenoxy) is 2. The molecule has 5 nitrogen and oxygen atoms in total. The Balaban J connectivity index is 1.54. The number of carbonyl (C=O) groups is 1. The van der Waals surface area contributed by atoms with Crippen LogP contribution in [0.4, 0.5) is 11.4 Å². The van der Waals surface area contributed by atoms with E-state index in [4.69, 9.17) is 9.47 Å². The lowest BCUT2D eigenvalue weighted by Gasteiger charge is -2.19. The fraction of sp³-hybridized carbons (Fsp3) is 0.278. The van der Waals surface area contributed by atoms with Crippen LogP contribution in [-0.2, 0) is 11.2 Å². The van der Waals surface area contributed by atoms with Crippen molar-refractivity contribution in [3.05, 3.63) is 48.0 Å². The number of aryl methyl sites for hydroxylation is 1. The quantitative estimate of drug-likeness (QED) is 0.891. The van der Waals surface area contributed by atoms with Crippen molar-refractivity contribution in [3.8, 4) is 11.5 Å². The minimum absolute atomic E-state index is 0.0934. The van der Waals surface area contributed by atoms with Gasteiger partial charge < -0.3 is 20.1 Å². The molecule has 1 heterocycles. The van der Waals surface area contributed by atoms with Crippen molar-refractivity contribution >= 4 is 17.3 Å².